The quantitative estimate of drug-likeness (QED) is 0.767. The van der Waals surface area contributed by atoms with Crippen LogP contribution in [0.1, 0.15) is 35.4 Å². The Bertz CT molecular complexity index is 768. The minimum Gasteiger partial charge on any atom is -0.494 e. The Balaban J connectivity index is 1.76. The lowest BCUT2D eigenvalue weighted by Gasteiger charge is -2.34. The van der Waals surface area contributed by atoms with E-state index >= 15 is 0 Å². The summed E-state index contributed by atoms with van der Waals surface area (Å²) < 4.78 is 18.6. The summed E-state index contributed by atoms with van der Waals surface area (Å²) in [6, 6.07) is 6.91. The summed E-state index contributed by atoms with van der Waals surface area (Å²) in [5.74, 6) is -0.264. The lowest BCUT2D eigenvalue weighted by atomic mass is 9.97. The van der Waals surface area contributed by atoms with E-state index in [0.29, 0.717) is 5.56 Å². The molecule has 0 aliphatic carbocycles. The molecule has 5 heteroatoms. The van der Waals surface area contributed by atoms with Crippen molar-refractivity contribution in [3.8, 4) is 5.75 Å². The molecule has 2 heterocycles. The molecule has 1 aliphatic heterocycles. The van der Waals surface area contributed by atoms with Crippen molar-refractivity contribution >= 4 is 23.3 Å². The van der Waals surface area contributed by atoms with Gasteiger partial charge in [0.05, 0.1) is 13.2 Å². The molecule has 0 radical (unpaired) electrons. The molecule has 0 fully saturated rings. The van der Waals surface area contributed by atoms with Crippen LogP contribution >= 0.6 is 11.3 Å². The van der Waals surface area contributed by atoms with Gasteiger partial charge >= 0.3 is 0 Å². The number of hydrogen-bond donors (Lipinski definition) is 0. The minimum absolute atomic E-state index is 0.0325. The fraction of sp³-hybridized carbons (Fsp3) is 0.316. The van der Waals surface area contributed by atoms with E-state index in [-0.39, 0.29) is 17.7 Å². The fourth-order valence-electron chi connectivity index (χ4n) is 3.15. The van der Waals surface area contributed by atoms with Crippen molar-refractivity contribution in [2.24, 2.45) is 0 Å². The van der Waals surface area contributed by atoms with Crippen molar-refractivity contribution in [1.29, 1.82) is 0 Å². The van der Waals surface area contributed by atoms with Crippen molar-refractivity contribution in [2.45, 2.75) is 25.8 Å². The highest BCUT2D eigenvalue weighted by atomic mass is 32.1. The zero-order valence-electron chi connectivity index (χ0n) is 13.8. The van der Waals surface area contributed by atoms with Gasteiger partial charge < -0.3 is 9.64 Å². The maximum Gasteiger partial charge on any atom is 0.247 e. The van der Waals surface area contributed by atoms with Gasteiger partial charge in [-0.05, 0) is 53.6 Å². The van der Waals surface area contributed by atoms with Crippen LogP contribution in [0, 0.1) is 5.82 Å². The van der Waals surface area contributed by atoms with Crippen LogP contribution in [0.2, 0.25) is 0 Å². The number of hydrogen-bond acceptors (Lipinski definition) is 3. The van der Waals surface area contributed by atoms with Gasteiger partial charge in [0.15, 0.2) is 11.6 Å². The SMILES string of the molecule is CC[C@H]1c2ccsc2CCN1C(=O)/C=C/c1ccc(OC)c(F)c1. The molecule has 0 spiro atoms. The second-order valence-corrected chi connectivity index (χ2v) is 6.73. The van der Waals surface area contributed by atoms with Gasteiger partial charge in [-0.1, -0.05) is 13.0 Å². The van der Waals surface area contributed by atoms with Crippen LogP contribution in [0.4, 0.5) is 4.39 Å². The minimum atomic E-state index is -0.431. The summed E-state index contributed by atoms with van der Waals surface area (Å²) >= 11 is 1.76. The summed E-state index contributed by atoms with van der Waals surface area (Å²) in [6.07, 6.45) is 4.97. The summed E-state index contributed by atoms with van der Waals surface area (Å²) in [5, 5.41) is 2.09. The molecule has 0 unspecified atom stereocenters. The maximum atomic E-state index is 13.7. The van der Waals surface area contributed by atoms with E-state index in [0.717, 1.165) is 19.4 Å². The van der Waals surface area contributed by atoms with Gasteiger partial charge in [-0.2, -0.15) is 0 Å². The van der Waals surface area contributed by atoms with E-state index in [1.165, 1.54) is 29.7 Å². The Morgan fingerprint density at radius 1 is 1.46 bits per heavy atom. The fourth-order valence-corrected chi connectivity index (χ4v) is 4.08. The predicted octanol–water partition coefficient (Wildman–Crippen LogP) is 4.45. The van der Waals surface area contributed by atoms with Crippen LogP contribution in [0.15, 0.2) is 35.7 Å². The van der Waals surface area contributed by atoms with E-state index in [1.54, 1.807) is 29.5 Å². The van der Waals surface area contributed by atoms with Gasteiger partial charge in [0.2, 0.25) is 5.91 Å². The van der Waals surface area contributed by atoms with E-state index in [9.17, 15) is 9.18 Å². The number of thiophene rings is 1. The zero-order valence-corrected chi connectivity index (χ0v) is 14.6. The van der Waals surface area contributed by atoms with Gasteiger partial charge in [-0.25, -0.2) is 4.39 Å². The molecule has 1 aromatic heterocycles. The number of benzene rings is 1. The first-order chi connectivity index (χ1) is 11.6. The number of amides is 1. The molecule has 1 aliphatic rings. The number of methoxy groups -OCH3 is 1. The van der Waals surface area contributed by atoms with Crippen LogP contribution in [0.25, 0.3) is 6.08 Å². The number of ether oxygens (including phenoxy) is 1. The Morgan fingerprint density at radius 2 is 2.29 bits per heavy atom. The summed E-state index contributed by atoms with van der Waals surface area (Å²) in [5.41, 5.74) is 1.91. The van der Waals surface area contributed by atoms with Gasteiger partial charge in [-0.3, -0.25) is 4.79 Å². The summed E-state index contributed by atoms with van der Waals surface area (Å²) in [4.78, 5) is 15.9. The highest BCUT2D eigenvalue weighted by Crippen LogP contribution is 2.35. The Morgan fingerprint density at radius 3 is 3.00 bits per heavy atom. The highest BCUT2D eigenvalue weighted by Gasteiger charge is 2.29. The molecular formula is C19H20FNO2S. The standard InChI is InChI=1S/C19H20FNO2S/c1-3-16-14-9-11-24-18(14)8-10-21(16)19(22)7-5-13-4-6-17(23-2)15(20)12-13/h4-7,9,11-12,16H,3,8,10H2,1-2H3/b7-5+/t16-/m0/s1. The third kappa shape index (κ3) is 3.22. The monoisotopic (exact) mass is 345 g/mol. The van der Waals surface area contributed by atoms with Crippen LogP contribution < -0.4 is 4.74 Å². The zero-order chi connectivity index (χ0) is 17.1. The molecule has 126 valence electrons. The molecule has 0 N–H and O–H groups in total. The molecule has 2 aromatic rings. The van der Waals surface area contributed by atoms with E-state index < -0.39 is 5.82 Å². The molecule has 0 bridgehead atoms. The normalized spacial score (nSPS) is 17.1. The van der Waals surface area contributed by atoms with Crippen LogP contribution in [-0.4, -0.2) is 24.5 Å². The number of rotatable bonds is 4. The first-order valence-electron chi connectivity index (χ1n) is 8.02. The van der Waals surface area contributed by atoms with E-state index in [2.05, 4.69) is 18.4 Å². The smallest absolute Gasteiger partial charge is 0.247 e. The molecule has 1 atom stereocenters. The summed E-state index contributed by atoms with van der Waals surface area (Å²) in [6.45, 7) is 2.83. The topological polar surface area (TPSA) is 29.5 Å². The first kappa shape index (κ1) is 16.7. The predicted molar refractivity (Wildman–Crippen MR) is 94.8 cm³/mol. The number of nitrogens with zero attached hydrogens (tertiary/aromatic N) is 1. The van der Waals surface area contributed by atoms with Crippen molar-refractivity contribution in [2.75, 3.05) is 13.7 Å². The molecule has 0 saturated heterocycles. The summed E-state index contributed by atoms with van der Waals surface area (Å²) in [7, 11) is 1.43. The first-order valence-corrected chi connectivity index (χ1v) is 8.90. The number of halogens is 1. The Labute approximate surface area is 145 Å². The number of carbonyl (C=O) groups is 1. The van der Waals surface area contributed by atoms with Gasteiger partial charge in [0, 0.05) is 17.5 Å². The van der Waals surface area contributed by atoms with Crippen molar-refractivity contribution in [1.82, 2.24) is 4.90 Å². The maximum absolute atomic E-state index is 13.7. The average Bonchev–Trinajstić information content (AvgIpc) is 3.07. The third-order valence-corrected chi connectivity index (χ3v) is 5.36. The molecule has 3 rings (SSSR count). The van der Waals surface area contributed by atoms with Gasteiger partial charge in [-0.15, -0.1) is 11.3 Å². The van der Waals surface area contributed by atoms with E-state index in [1.807, 2.05) is 4.90 Å². The van der Waals surface area contributed by atoms with Crippen molar-refractivity contribution in [3.63, 3.8) is 0 Å². The molecule has 24 heavy (non-hydrogen) atoms. The molecular weight excluding hydrogens is 325 g/mol. The highest BCUT2D eigenvalue weighted by molar-refractivity contribution is 7.10. The van der Waals surface area contributed by atoms with Crippen molar-refractivity contribution in [3.05, 3.63) is 57.5 Å². The molecule has 1 amide bonds. The lowest BCUT2D eigenvalue weighted by molar-refractivity contribution is -0.128. The van der Waals surface area contributed by atoms with Crippen LogP contribution in [-0.2, 0) is 11.2 Å². The second kappa shape index (κ2) is 7.18. The van der Waals surface area contributed by atoms with Crippen molar-refractivity contribution < 1.29 is 13.9 Å². The molecule has 1 aromatic carbocycles. The average molecular weight is 345 g/mol. The number of carbonyl (C=O) groups excluding carboxylic acids is 1. The van der Waals surface area contributed by atoms with Crippen LogP contribution in [0.5, 0.6) is 5.75 Å². The Hall–Kier alpha value is -2.14. The largest absolute Gasteiger partial charge is 0.494 e. The van der Waals surface area contributed by atoms with Crippen LogP contribution in [0.3, 0.4) is 0 Å². The lowest BCUT2D eigenvalue weighted by Crippen LogP contribution is -2.38. The Kier molecular flexibility index (Phi) is 5.00. The van der Waals surface area contributed by atoms with E-state index in [4.69, 9.17) is 4.74 Å². The third-order valence-electron chi connectivity index (χ3n) is 4.36. The molecule has 3 nitrogen and oxygen atoms in total. The van der Waals surface area contributed by atoms with Gasteiger partial charge in [0.1, 0.15) is 0 Å². The molecule has 0 saturated carbocycles. The van der Waals surface area contributed by atoms with Gasteiger partial charge in [0.25, 0.3) is 0 Å². The number of fused-ring (bicyclic) bond motifs is 1. The second-order valence-electron chi connectivity index (χ2n) is 5.73.